The quantitative estimate of drug-likeness (QED) is 0.819. The van der Waals surface area contributed by atoms with Crippen molar-refractivity contribution < 1.29 is 18.3 Å². The maximum absolute atomic E-state index is 12.2. The highest BCUT2D eigenvalue weighted by Crippen LogP contribution is 2.31. The molecule has 0 aliphatic heterocycles. The average Bonchev–Trinajstić information content (AvgIpc) is 2.07. The summed E-state index contributed by atoms with van der Waals surface area (Å²) in [6.45, 7) is -0.221. The molecule has 1 N–H and O–H groups in total. The van der Waals surface area contributed by atoms with Gasteiger partial charge in [-0.1, -0.05) is 11.6 Å². The van der Waals surface area contributed by atoms with E-state index in [1.165, 1.54) is 6.07 Å². The minimum atomic E-state index is -4.37. The van der Waals surface area contributed by atoms with Crippen molar-refractivity contribution in [3.8, 4) is 0 Å². The molecule has 0 spiro atoms. The Morgan fingerprint density at radius 2 is 1.93 bits per heavy atom. The highest BCUT2D eigenvalue weighted by Gasteiger charge is 2.30. The fraction of sp³-hybridized carbons (Fsp3) is 0.333. The Morgan fingerprint density at radius 1 is 1.29 bits per heavy atom. The number of rotatable bonds is 2. The van der Waals surface area contributed by atoms with Gasteiger partial charge in [0.15, 0.2) is 0 Å². The van der Waals surface area contributed by atoms with Crippen LogP contribution in [-0.2, 0) is 12.6 Å². The SMILES string of the molecule is OCCc1cc(C(F)(F)F)ccc1Cl. The van der Waals surface area contributed by atoms with Gasteiger partial charge in [-0.15, -0.1) is 0 Å². The van der Waals surface area contributed by atoms with Gasteiger partial charge in [-0.2, -0.15) is 13.2 Å². The van der Waals surface area contributed by atoms with Gasteiger partial charge >= 0.3 is 6.18 Å². The first-order valence-electron chi connectivity index (χ1n) is 3.91. The number of aliphatic hydroxyl groups excluding tert-OH is 1. The first-order chi connectivity index (χ1) is 6.45. The van der Waals surface area contributed by atoms with E-state index in [1.54, 1.807) is 0 Å². The molecular weight excluding hydrogens is 217 g/mol. The maximum atomic E-state index is 12.2. The Labute approximate surface area is 84.1 Å². The van der Waals surface area contributed by atoms with Crippen molar-refractivity contribution in [1.29, 1.82) is 0 Å². The second kappa shape index (κ2) is 4.19. The molecule has 0 fully saturated rings. The van der Waals surface area contributed by atoms with Crippen molar-refractivity contribution in [3.05, 3.63) is 34.3 Å². The standard InChI is InChI=1S/C9H8ClF3O/c10-8-2-1-7(9(11,12)13)5-6(8)3-4-14/h1-2,5,14H,3-4H2. The summed E-state index contributed by atoms with van der Waals surface area (Å²) in [7, 11) is 0. The third-order valence-electron chi connectivity index (χ3n) is 1.75. The Hall–Kier alpha value is -0.740. The highest BCUT2D eigenvalue weighted by atomic mass is 35.5. The molecule has 0 aliphatic rings. The van der Waals surface area contributed by atoms with E-state index >= 15 is 0 Å². The van der Waals surface area contributed by atoms with E-state index in [4.69, 9.17) is 16.7 Å². The zero-order valence-corrected chi connectivity index (χ0v) is 7.86. The van der Waals surface area contributed by atoms with Crippen LogP contribution in [0.15, 0.2) is 18.2 Å². The smallest absolute Gasteiger partial charge is 0.396 e. The van der Waals surface area contributed by atoms with Crippen LogP contribution in [0.25, 0.3) is 0 Å². The van der Waals surface area contributed by atoms with Gasteiger partial charge in [-0.25, -0.2) is 0 Å². The Kier molecular flexibility index (Phi) is 3.39. The molecule has 0 radical (unpaired) electrons. The van der Waals surface area contributed by atoms with Gasteiger partial charge < -0.3 is 5.11 Å². The lowest BCUT2D eigenvalue weighted by Crippen LogP contribution is -2.06. The van der Waals surface area contributed by atoms with E-state index in [-0.39, 0.29) is 18.1 Å². The van der Waals surface area contributed by atoms with Crippen LogP contribution in [0.2, 0.25) is 5.02 Å². The molecule has 0 saturated heterocycles. The Balaban J connectivity index is 3.06. The summed E-state index contributed by atoms with van der Waals surface area (Å²) in [6.07, 6.45) is -4.24. The van der Waals surface area contributed by atoms with Crippen molar-refractivity contribution >= 4 is 11.6 Å². The van der Waals surface area contributed by atoms with Crippen molar-refractivity contribution in [2.45, 2.75) is 12.6 Å². The largest absolute Gasteiger partial charge is 0.416 e. The Bertz CT molecular complexity index is 322. The van der Waals surface area contributed by atoms with Crippen LogP contribution >= 0.6 is 11.6 Å². The first kappa shape index (κ1) is 11.3. The van der Waals surface area contributed by atoms with Crippen molar-refractivity contribution in [1.82, 2.24) is 0 Å². The minimum Gasteiger partial charge on any atom is -0.396 e. The lowest BCUT2D eigenvalue weighted by molar-refractivity contribution is -0.137. The normalized spacial score (nSPS) is 11.8. The predicted octanol–water partition coefficient (Wildman–Crippen LogP) is 2.89. The molecule has 1 nitrogen and oxygen atoms in total. The summed E-state index contributed by atoms with van der Waals surface area (Å²) in [5, 5.41) is 8.84. The van der Waals surface area contributed by atoms with Gasteiger partial charge in [-0.3, -0.25) is 0 Å². The molecule has 0 heterocycles. The fourth-order valence-corrected chi connectivity index (χ4v) is 1.28. The number of halogens is 4. The van der Waals surface area contributed by atoms with Gasteiger partial charge in [-0.05, 0) is 30.2 Å². The van der Waals surface area contributed by atoms with Gasteiger partial charge in [0.25, 0.3) is 0 Å². The van der Waals surface area contributed by atoms with Crippen LogP contribution in [0.5, 0.6) is 0 Å². The Morgan fingerprint density at radius 3 is 2.43 bits per heavy atom. The van der Waals surface area contributed by atoms with Crippen LogP contribution in [0, 0.1) is 0 Å². The number of hydrogen-bond acceptors (Lipinski definition) is 1. The van der Waals surface area contributed by atoms with E-state index in [0.717, 1.165) is 12.1 Å². The predicted molar refractivity (Wildman–Crippen MR) is 47.2 cm³/mol. The molecule has 0 atom stereocenters. The summed E-state index contributed by atoms with van der Waals surface area (Å²) in [5.74, 6) is 0. The monoisotopic (exact) mass is 224 g/mol. The van der Waals surface area contributed by atoms with Crippen LogP contribution in [0.3, 0.4) is 0 Å². The molecule has 1 aromatic rings. The van der Waals surface area contributed by atoms with E-state index in [9.17, 15) is 13.2 Å². The molecule has 0 saturated carbocycles. The second-order valence-corrected chi connectivity index (χ2v) is 3.18. The molecule has 78 valence electrons. The molecule has 0 bridgehead atoms. The number of benzene rings is 1. The fourth-order valence-electron chi connectivity index (χ4n) is 1.06. The van der Waals surface area contributed by atoms with Crippen LogP contribution in [0.4, 0.5) is 13.2 Å². The maximum Gasteiger partial charge on any atom is 0.416 e. The third kappa shape index (κ3) is 2.62. The van der Waals surface area contributed by atoms with Gasteiger partial charge in [0.2, 0.25) is 0 Å². The lowest BCUT2D eigenvalue weighted by atomic mass is 10.1. The highest BCUT2D eigenvalue weighted by molar-refractivity contribution is 6.31. The zero-order valence-electron chi connectivity index (χ0n) is 7.11. The lowest BCUT2D eigenvalue weighted by Gasteiger charge is -2.09. The topological polar surface area (TPSA) is 20.2 Å². The molecule has 0 aromatic heterocycles. The van der Waals surface area contributed by atoms with Gasteiger partial charge in [0.1, 0.15) is 0 Å². The van der Waals surface area contributed by atoms with Crippen LogP contribution in [-0.4, -0.2) is 11.7 Å². The first-order valence-corrected chi connectivity index (χ1v) is 4.29. The van der Waals surface area contributed by atoms with E-state index < -0.39 is 11.7 Å². The number of hydrogen-bond donors (Lipinski definition) is 1. The summed E-state index contributed by atoms with van der Waals surface area (Å²) in [6, 6.07) is 3.07. The number of aliphatic hydroxyl groups is 1. The molecule has 0 unspecified atom stereocenters. The minimum absolute atomic E-state index is 0.128. The molecule has 0 aliphatic carbocycles. The summed E-state index contributed by atoms with van der Waals surface area (Å²) < 4.78 is 36.7. The number of alkyl halides is 3. The zero-order chi connectivity index (χ0) is 10.8. The summed E-state index contributed by atoms with van der Waals surface area (Å²) in [5.41, 5.74) is -0.436. The molecule has 1 rings (SSSR count). The van der Waals surface area contributed by atoms with E-state index in [1.807, 2.05) is 0 Å². The summed E-state index contributed by atoms with van der Waals surface area (Å²) >= 11 is 5.65. The van der Waals surface area contributed by atoms with Crippen molar-refractivity contribution in [3.63, 3.8) is 0 Å². The van der Waals surface area contributed by atoms with Crippen molar-refractivity contribution in [2.24, 2.45) is 0 Å². The molecular formula is C9H8ClF3O. The van der Waals surface area contributed by atoms with Crippen LogP contribution < -0.4 is 0 Å². The molecule has 1 aromatic carbocycles. The molecule has 5 heteroatoms. The van der Waals surface area contributed by atoms with Crippen molar-refractivity contribution in [2.75, 3.05) is 6.61 Å². The second-order valence-electron chi connectivity index (χ2n) is 2.78. The van der Waals surface area contributed by atoms with E-state index in [0.29, 0.717) is 5.56 Å². The average molecular weight is 225 g/mol. The molecule has 0 amide bonds. The molecule has 14 heavy (non-hydrogen) atoms. The summed E-state index contributed by atoms with van der Waals surface area (Å²) in [4.78, 5) is 0. The van der Waals surface area contributed by atoms with E-state index in [2.05, 4.69) is 0 Å². The van der Waals surface area contributed by atoms with Crippen LogP contribution in [0.1, 0.15) is 11.1 Å². The third-order valence-corrected chi connectivity index (χ3v) is 2.12. The van der Waals surface area contributed by atoms with Gasteiger partial charge in [0, 0.05) is 11.6 Å². The van der Waals surface area contributed by atoms with Gasteiger partial charge in [0.05, 0.1) is 5.56 Å².